The minimum atomic E-state index is -0.224. The molecule has 0 amide bonds. The first-order valence-corrected chi connectivity index (χ1v) is 9.69. The van der Waals surface area contributed by atoms with Crippen LogP contribution in [0.15, 0.2) is 24.5 Å². The highest BCUT2D eigenvalue weighted by atomic mass is 32.1. The van der Waals surface area contributed by atoms with Gasteiger partial charge in [0, 0.05) is 31.9 Å². The minimum Gasteiger partial charge on any atom is -0.379 e. The summed E-state index contributed by atoms with van der Waals surface area (Å²) in [6.45, 7) is 7.04. The fourth-order valence-corrected chi connectivity index (χ4v) is 3.81. The molecule has 7 nitrogen and oxygen atoms in total. The molecule has 0 aliphatic carbocycles. The molecule has 1 aliphatic rings. The average molecular weight is 388 g/mol. The number of hydrogen-bond acceptors (Lipinski definition) is 8. The van der Waals surface area contributed by atoms with E-state index < -0.39 is 0 Å². The number of morpholine rings is 1. The van der Waals surface area contributed by atoms with Crippen molar-refractivity contribution in [2.45, 2.75) is 6.92 Å². The summed E-state index contributed by atoms with van der Waals surface area (Å²) in [5.74, 6) is 0.447. The van der Waals surface area contributed by atoms with Gasteiger partial charge in [-0.2, -0.15) is 4.98 Å². The van der Waals surface area contributed by atoms with Gasteiger partial charge in [-0.25, -0.2) is 14.4 Å². The van der Waals surface area contributed by atoms with Crippen LogP contribution in [0.4, 0.5) is 21.0 Å². The maximum Gasteiger partial charge on any atom is 0.185 e. The smallest absolute Gasteiger partial charge is 0.185 e. The molecule has 0 saturated carbocycles. The number of hydrogen-bond donors (Lipinski definition) is 2. The van der Waals surface area contributed by atoms with Crippen molar-refractivity contribution in [2.75, 3.05) is 50.0 Å². The highest BCUT2D eigenvalue weighted by Gasteiger charge is 2.13. The molecule has 2 N–H and O–H groups in total. The van der Waals surface area contributed by atoms with Crippen LogP contribution in [0.1, 0.15) is 5.56 Å². The molecule has 3 heterocycles. The molecule has 4 rings (SSSR count). The van der Waals surface area contributed by atoms with E-state index >= 15 is 0 Å². The van der Waals surface area contributed by atoms with Gasteiger partial charge in [0.1, 0.15) is 16.8 Å². The number of aromatic nitrogens is 3. The van der Waals surface area contributed by atoms with Crippen LogP contribution in [0.2, 0.25) is 0 Å². The molecule has 0 bridgehead atoms. The highest BCUT2D eigenvalue weighted by molar-refractivity contribution is 7.22. The zero-order valence-electron chi connectivity index (χ0n) is 15.0. The topological polar surface area (TPSA) is 75.2 Å². The predicted molar refractivity (Wildman–Crippen MR) is 105 cm³/mol. The second kappa shape index (κ2) is 8.12. The van der Waals surface area contributed by atoms with Crippen molar-refractivity contribution in [1.29, 1.82) is 0 Å². The first-order valence-electron chi connectivity index (χ1n) is 8.88. The Morgan fingerprint density at radius 3 is 2.93 bits per heavy atom. The molecule has 0 spiro atoms. The van der Waals surface area contributed by atoms with Crippen molar-refractivity contribution in [3.05, 3.63) is 35.9 Å². The predicted octanol–water partition coefficient (Wildman–Crippen LogP) is 3.02. The molecular formula is C18H21FN6OS. The van der Waals surface area contributed by atoms with Gasteiger partial charge in [0.25, 0.3) is 0 Å². The van der Waals surface area contributed by atoms with Crippen molar-refractivity contribution < 1.29 is 9.13 Å². The molecule has 2 aromatic heterocycles. The molecule has 1 aliphatic heterocycles. The second-order valence-electron chi connectivity index (χ2n) is 6.36. The van der Waals surface area contributed by atoms with Crippen molar-refractivity contribution in [2.24, 2.45) is 0 Å². The number of thiazole rings is 1. The lowest BCUT2D eigenvalue weighted by Crippen LogP contribution is -2.38. The largest absolute Gasteiger partial charge is 0.379 e. The summed E-state index contributed by atoms with van der Waals surface area (Å²) in [7, 11) is 0. The van der Waals surface area contributed by atoms with Crippen LogP contribution in [-0.4, -0.2) is 59.2 Å². The van der Waals surface area contributed by atoms with E-state index in [2.05, 4.69) is 30.5 Å². The van der Waals surface area contributed by atoms with E-state index in [4.69, 9.17) is 4.74 Å². The van der Waals surface area contributed by atoms with Crippen LogP contribution in [0.25, 0.3) is 10.3 Å². The Morgan fingerprint density at radius 2 is 2.11 bits per heavy atom. The quantitative estimate of drug-likeness (QED) is 0.672. The Balaban J connectivity index is 1.45. The SMILES string of the molecule is Cc1cc(Nc2ncnc3nc(NCCN4CCOCC4)sc23)ccc1F. The Bertz CT molecular complexity index is 927. The monoisotopic (exact) mass is 388 g/mol. The van der Waals surface area contributed by atoms with Gasteiger partial charge in [-0.1, -0.05) is 11.3 Å². The number of nitrogens with zero attached hydrogens (tertiary/aromatic N) is 4. The van der Waals surface area contributed by atoms with Gasteiger partial charge in [-0.05, 0) is 30.7 Å². The Kier molecular flexibility index (Phi) is 5.42. The average Bonchev–Trinajstić information content (AvgIpc) is 3.10. The molecule has 0 radical (unpaired) electrons. The van der Waals surface area contributed by atoms with E-state index in [9.17, 15) is 4.39 Å². The summed E-state index contributed by atoms with van der Waals surface area (Å²) >= 11 is 1.51. The van der Waals surface area contributed by atoms with Gasteiger partial charge >= 0.3 is 0 Å². The third kappa shape index (κ3) is 4.32. The van der Waals surface area contributed by atoms with Crippen molar-refractivity contribution in [3.8, 4) is 0 Å². The molecule has 142 valence electrons. The number of rotatable bonds is 6. The maximum atomic E-state index is 13.5. The normalized spacial score (nSPS) is 15.2. The summed E-state index contributed by atoms with van der Waals surface area (Å²) < 4.78 is 19.7. The lowest BCUT2D eigenvalue weighted by molar-refractivity contribution is 0.0398. The number of benzene rings is 1. The number of ether oxygens (including phenoxy) is 1. The van der Waals surface area contributed by atoms with E-state index in [1.807, 2.05) is 0 Å². The summed E-state index contributed by atoms with van der Waals surface area (Å²) in [6, 6.07) is 4.89. The van der Waals surface area contributed by atoms with E-state index in [1.54, 1.807) is 19.1 Å². The van der Waals surface area contributed by atoms with Crippen molar-refractivity contribution >= 4 is 38.3 Å². The van der Waals surface area contributed by atoms with Gasteiger partial charge in [0.15, 0.2) is 16.6 Å². The highest BCUT2D eigenvalue weighted by Crippen LogP contribution is 2.31. The van der Waals surface area contributed by atoms with Gasteiger partial charge in [0.05, 0.1) is 13.2 Å². The van der Waals surface area contributed by atoms with Gasteiger partial charge in [-0.15, -0.1) is 0 Å². The molecule has 9 heteroatoms. The van der Waals surface area contributed by atoms with Crippen LogP contribution in [0.5, 0.6) is 0 Å². The van der Waals surface area contributed by atoms with E-state index in [-0.39, 0.29) is 5.82 Å². The number of aryl methyl sites for hydroxylation is 1. The lowest BCUT2D eigenvalue weighted by atomic mass is 10.2. The van der Waals surface area contributed by atoms with E-state index in [0.29, 0.717) is 17.0 Å². The van der Waals surface area contributed by atoms with Crippen LogP contribution in [0.3, 0.4) is 0 Å². The summed E-state index contributed by atoms with van der Waals surface area (Å²) in [6.07, 6.45) is 1.48. The second-order valence-corrected chi connectivity index (χ2v) is 7.36. The molecule has 1 fully saturated rings. The maximum absolute atomic E-state index is 13.5. The fourth-order valence-electron chi connectivity index (χ4n) is 2.92. The zero-order valence-corrected chi connectivity index (χ0v) is 15.9. The number of anilines is 3. The molecule has 0 unspecified atom stereocenters. The summed E-state index contributed by atoms with van der Waals surface area (Å²) in [4.78, 5) is 15.5. The Hall–Kier alpha value is -2.36. The standard InChI is InChI=1S/C18H21FN6OS/c1-12-10-13(2-3-14(12)19)23-16-15-17(22-11-21-16)24-18(27-15)20-4-5-25-6-8-26-9-7-25/h2-3,10-11H,4-9H2,1H3,(H2,20,21,22,23,24). The minimum absolute atomic E-state index is 0.224. The van der Waals surface area contributed by atoms with Gasteiger partial charge in [0.2, 0.25) is 0 Å². The van der Waals surface area contributed by atoms with Crippen molar-refractivity contribution in [1.82, 2.24) is 19.9 Å². The Labute approximate surface area is 160 Å². The number of fused-ring (bicyclic) bond motifs is 1. The number of halogens is 1. The number of nitrogens with one attached hydrogen (secondary N) is 2. The summed E-state index contributed by atoms with van der Waals surface area (Å²) in [5, 5.41) is 7.42. The van der Waals surface area contributed by atoms with Gasteiger partial charge < -0.3 is 15.4 Å². The van der Waals surface area contributed by atoms with Crippen LogP contribution < -0.4 is 10.6 Å². The molecule has 1 saturated heterocycles. The third-order valence-electron chi connectivity index (χ3n) is 4.42. The van der Waals surface area contributed by atoms with Crippen molar-refractivity contribution in [3.63, 3.8) is 0 Å². The van der Waals surface area contributed by atoms with Crippen LogP contribution >= 0.6 is 11.3 Å². The van der Waals surface area contributed by atoms with Gasteiger partial charge in [-0.3, -0.25) is 4.90 Å². The van der Waals surface area contributed by atoms with E-state index in [0.717, 1.165) is 54.9 Å². The van der Waals surface area contributed by atoms with E-state index in [1.165, 1.54) is 23.7 Å². The first kappa shape index (κ1) is 18.0. The molecular weight excluding hydrogens is 367 g/mol. The molecule has 3 aromatic rings. The lowest BCUT2D eigenvalue weighted by Gasteiger charge is -2.26. The Morgan fingerprint density at radius 1 is 1.26 bits per heavy atom. The van der Waals surface area contributed by atoms with Crippen LogP contribution in [0, 0.1) is 12.7 Å². The molecule has 27 heavy (non-hydrogen) atoms. The molecule has 1 aromatic carbocycles. The first-order chi connectivity index (χ1) is 13.2. The fraction of sp³-hybridized carbons (Fsp3) is 0.389. The zero-order chi connectivity index (χ0) is 18.6. The molecule has 0 atom stereocenters. The van der Waals surface area contributed by atoms with Crippen LogP contribution in [-0.2, 0) is 4.74 Å². The third-order valence-corrected chi connectivity index (χ3v) is 5.43. The summed E-state index contributed by atoms with van der Waals surface area (Å²) in [5.41, 5.74) is 2.01.